The van der Waals surface area contributed by atoms with Gasteiger partial charge in [-0.2, -0.15) is 4.98 Å². The van der Waals surface area contributed by atoms with Crippen molar-refractivity contribution in [3.63, 3.8) is 0 Å². The third-order valence-electron chi connectivity index (χ3n) is 4.82. The fraction of sp³-hybridized carbons (Fsp3) is 0.115. The Morgan fingerprint density at radius 1 is 0.742 bits per heavy atom. The first-order chi connectivity index (χ1) is 15.2. The van der Waals surface area contributed by atoms with Gasteiger partial charge < -0.3 is 14.6 Å². The van der Waals surface area contributed by atoms with Crippen LogP contribution >= 0.6 is 0 Å². The predicted molar refractivity (Wildman–Crippen MR) is 117 cm³/mol. The Balaban J connectivity index is 1.61. The first-order valence-electron chi connectivity index (χ1n) is 9.97. The smallest absolute Gasteiger partial charge is 0.225 e. The van der Waals surface area contributed by atoms with E-state index in [0.29, 0.717) is 36.1 Å². The molecule has 4 nitrogen and oxygen atoms in total. The van der Waals surface area contributed by atoms with Gasteiger partial charge in [0.2, 0.25) is 11.8 Å². The molecule has 5 heteroatoms. The molecule has 0 amide bonds. The van der Waals surface area contributed by atoms with Crippen LogP contribution in [0.1, 0.15) is 16.7 Å². The second-order valence-electron chi connectivity index (χ2n) is 7.02. The molecule has 0 saturated heterocycles. The second kappa shape index (κ2) is 9.87. The Kier molecular flexibility index (Phi) is 6.55. The van der Waals surface area contributed by atoms with Gasteiger partial charge in [0.25, 0.3) is 0 Å². The quantitative estimate of drug-likeness (QED) is 0.411. The molecule has 1 heterocycles. The largest absolute Gasteiger partial charge is 0.473 e. The maximum absolute atomic E-state index is 14.3. The molecule has 0 atom stereocenters. The van der Waals surface area contributed by atoms with E-state index in [9.17, 15) is 9.50 Å². The van der Waals surface area contributed by atoms with Gasteiger partial charge in [-0.25, -0.2) is 4.39 Å². The van der Waals surface area contributed by atoms with Crippen LogP contribution in [0.5, 0.6) is 11.8 Å². The first-order valence-corrected chi connectivity index (χ1v) is 9.97. The van der Waals surface area contributed by atoms with Crippen LogP contribution < -0.4 is 9.47 Å². The van der Waals surface area contributed by atoms with Crippen molar-refractivity contribution in [3.8, 4) is 22.9 Å². The number of halogens is 1. The molecule has 0 unspecified atom stereocenters. The number of aliphatic hydroxyl groups is 1. The lowest BCUT2D eigenvalue weighted by Crippen LogP contribution is -2.02. The van der Waals surface area contributed by atoms with Gasteiger partial charge in [-0.3, -0.25) is 0 Å². The Morgan fingerprint density at radius 3 is 2.00 bits per heavy atom. The van der Waals surface area contributed by atoms with Gasteiger partial charge >= 0.3 is 0 Å². The van der Waals surface area contributed by atoms with Gasteiger partial charge in [0, 0.05) is 17.2 Å². The fourth-order valence-corrected chi connectivity index (χ4v) is 3.13. The van der Waals surface area contributed by atoms with E-state index < -0.39 is 5.82 Å². The Hall–Kier alpha value is -3.70. The van der Waals surface area contributed by atoms with Crippen LogP contribution in [0, 0.1) is 5.82 Å². The Bertz CT molecular complexity index is 1130. The van der Waals surface area contributed by atoms with Crippen LogP contribution in [0.3, 0.4) is 0 Å². The average Bonchev–Trinajstić information content (AvgIpc) is 2.83. The number of hydrogen-bond acceptors (Lipinski definition) is 4. The van der Waals surface area contributed by atoms with Crippen LogP contribution in [0.25, 0.3) is 11.1 Å². The van der Waals surface area contributed by atoms with Crippen LogP contribution in [0.15, 0.2) is 91.0 Å². The molecule has 3 aromatic carbocycles. The van der Waals surface area contributed by atoms with Gasteiger partial charge in [-0.05, 0) is 28.8 Å². The molecule has 0 radical (unpaired) electrons. The van der Waals surface area contributed by atoms with Gasteiger partial charge in [0.15, 0.2) is 0 Å². The van der Waals surface area contributed by atoms with E-state index in [0.717, 1.165) is 11.1 Å². The minimum absolute atomic E-state index is 0.242. The third kappa shape index (κ3) is 5.27. The standard InChI is InChI=1S/C26H22FNO3/c27-24-15-21(11-12-22(24)16-29)23-13-14-25(30-17-19-7-3-1-4-8-19)28-26(23)31-18-20-9-5-2-6-10-20/h1-15,29H,16-18H2. The highest BCUT2D eigenvalue weighted by molar-refractivity contribution is 5.69. The summed E-state index contributed by atoms with van der Waals surface area (Å²) in [5, 5.41) is 9.24. The molecular weight excluding hydrogens is 393 g/mol. The molecule has 0 aliphatic carbocycles. The summed E-state index contributed by atoms with van der Waals surface area (Å²) < 4.78 is 26.1. The van der Waals surface area contributed by atoms with E-state index in [2.05, 4.69) is 4.98 Å². The second-order valence-corrected chi connectivity index (χ2v) is 7.02. The number of rotatable bonds is 8. The molecule has 156 valence electrons. The van der Waals surface area contributed by atoms with Crippen molar-refractivity contribution in [1.82, 2.24) is 4.98 Å². The highest BCUT2D eigenvalue weighted by Crippen LogP contribution is 2.32. The Morgan fingerprint density at radius 2 is 1.39 bits per heavy atom. The minimum atomic E-state index is -0.474. The molecule has 0 bridgehead atoms. The molecule has 0 spiro atoms. The lowest BCUT2D eigenvalue weighted by Gasteiger charge is -2.14. The minimum Gasteiger partial charge on any atom is -0.473 e. The molecular formula is C26H22FNO3. The number of hydrogen-bond donors (Lipinski definition) is 1. The number of pyridine rings is 1. The lowest BCUT2D eigenvalue weighted by molar-refractivity contribution is 0.268. The summed E-state index contributed by atoms with van der Waals surface area (Å²) in [6, 6.07) is 27.8. The van der Waals surface area contributed by atoms with Crippen molar-refractivity contribution < 1.29 is 19.0 Å². The normalized spacial score (nSPS) is 10.6. The van der Waals surface area contributed by atoms with E-state index in [1.54, 1.807) is 24.3 Å². The summed E-state index contributed by atoms with van der Waals surface area (Å²) in [5.41, 5.74) is 3.52. The van der Waals surface area contributed by atoms with Gasteiger partial charge in [-0.1, -0.05) is 72.8 Å². The molecule has 4 aromatic rings. The van der Waals surface area contributed by atoms with Crippen molar-refractivity contribution in [2.75, 3.05) is 0 Å². The maximum Gasteiger partial charge on any atom is 0.225 e. The van der Waals surface area contributed by atoms with Crippen LogP contribution in [0.2, 0.25) is 0 Å². The van der Waals surface area contributed by atoms with E-state index in [1.807, 2.05) is 60.7 Å². The van der Waals surface area contributed by atoms with Crippen molar-refractivity contribution in [2.45, 2.75) is 19.8 Å². The van der Waals surface area contributed by atoms with Crippen molar-refractivity contribution in [2.24, 2.45) is 0 Å². The lowest BCUT2D eigenvalue weighted by atomic mass is 10.0. The van der Waals surface area contributed by atoms with Crippen LogP contribution in [0.4, 0.5) is 4.39 Å². The van der Waals surface area contributed by atoms with E-state index in [4.69, 9.17) is 9.47 Å². The zero-order valence-electron chi connectivity index (χ0n) is 16.9. The molecule has 4 rings (SSSR count). The molecule has 0 fully saturated rings. The highest BCUT2D eigenvalue weighted by Gasteiger charge is 2.13. The van der Waals surface area contributed by atoms with Crippen molar-refractivity contribution in [3.05, 3.63) is 114 Å². The van der Waals surface area contributed by atoms with Gasteiger partial charge in [0.1, 0.15) is 19.0 Å². The van der Waals surface area contributed by atoms with Crippen molar-refractivity contribution in [1.29, 1.82) is 0 Å². The fourth-order valence-electron chi connectivity index (χ4n) is 3.13. The molecule has 31 heavy (non-hydrogen) atoms. The maximum atomic E-state index is 14.3. The number of aromatic nitrogens is 1. The number of nitrogens with zero attached hydrogens (tertiary/aromatic N) is 1. The molecule has 0 aliphatic rings. The molecule has 0 aliphatic heterocycles. The van der Waals surface area contributed by atoms with Crippen molar-refractivity contribution >= 4 is 0 Å². The zero-order valence-corrected chi connectivity index (χ0v) is 16.9. The predicted octanol–water partition coefficient (Wildman–Crippen LogP) is 5.54. The average molecular weight is 415 g/mol. The van der Waals surface area contributed by atoms with Gasteiger partial charge in [0.05, 0.1) is 6.61 Å². The van der Waals surface area contributed by atoms with Crippen LogP contribution in [-0.4, -0.2) is 10.1 Å². The summed E-state index contributed by atoms with van der Waals surface area (Å²) in [6.07, 6.45) is 0. The number of ether oxygens (including phenoxy) is 2. The summed E-state index contributed by atoms with van der Waals surface area (Å²) in [6.45, 7) is 0.347. The molecule has 0 saturated carbocycles. The summed E-state index contributed by atoms with van der Waals surface area (Å²) >= 11 is 0. The Labute approximate surface area is 180 Å². The highest BCUT2D eigenvalue weighted by atomic mass is 19.1. The van der Waals surface area contributed by atoms with E-state index in [1.165, 1.54) is 6.07 Å². The summed E-state index contributed by atoms with van der Waals surface area (Å²) in [7, 11) is 0. The topological polar surface area (TPSA) is 51.6 Å². The number of aliphatic hydroxyl groups excluding tert-OH is 1. The first kappa shape index (κ1) is 20.6. The molecule has 1 aromatic heterocycles. The summed E-state index contributed by atoms with van der Waals surface area (Å²) in [5.74, 6) is 0.298. The molecule has 1 N–H and O–H groups in total. The zero-order chi connectivity index (χ0) is 21.5. The third-order valence-corrected chi connectivity index (χ3v) is 4.82. The van der Waals surface area contributed by atoms with E-state index >= 15 is 0 Å². The van der Waals surface area contributed by atoms with Gasteiger partial charge in [-0.15, -0.1) is 0 Å². The monoisotopic (exact) mass is 415 g/mol. The van der Waals surface area contributed by atoms with Crippen LogP contribution in [-0.2, 0) is 19.8 Å². The SMILES string of the molecule is OCc1ccc(-c2ccc(OCc3ccccc3)nc2OCc2ccccc2)cc1F. The van der Waals surface area contributed by atoms with E-state index in [-0.39, 0.29) is 12.2 Å². The summed E-state index contributed by atoms with van der Waals surface area (Å²) in [4.78, 5) is 4.54. The number of benzene rings is 3.